The van der Waals surface area contributed by atoms with E-state index in [9.17, 15) is 4.39 Å². The van der Waals surface area contributed by atoms with Crippen molar-refractivity contribution in [1.29, 1.82) is 0 Å². The van der Waals surface area contributed by atoms with E-state index in [-0.39, 0.29) is 5.82 Å². The summed E-state index contributed by atoms with van der Waals surface area (Å²) in [5.41, 5.74) is 2.01. The normalized spacial score (nSPS) is 14.7. The summed E-state index contributed by atoms with van der Waals surface area (Å²) in [7, 11) is 3.26. The number of ether oxygens (including phenoxy) is 2. The summed E-state index contributed by atoms with van der Waals surface area (Å²) >= 11 is 3.62. The van der Waals surface area contributed by atoms with E-state index in [1.807, 2.05) is 18.2 Å². The third-order valence-corrected chi connectivity index (χ3v) is 4.88. The summed E-state index contributed by atoms with van der Waals surface area (Å²) < 4.78 is 25.1. The number of nitrogens with zero attached hydrogens (tertiary/aromatic N) is 2. The van der Waals surface area contributed by atoms with Crippen LogP contribution in [0.25, 0.3) is 0 Å². The molecule has 128 valence electrons. The lowest BCUT2D eigenvalue weighted by atomic mass is 10.2. The molecule has 1 fully saturated rings. The number of methoxy groups -OCH3 is 2. The van der Waals surface area contributed by atoms with Gasteiger partial charge in [0.05, 0.1) is 19.9 Å². The van der Waals surface area contributed by atoms with Gasteiger partial charge in [-0.25, -0.2) is 4.39 Å². The van der Waals surface area contributed by atoms with Crippen LogP contribution in [0.5, 0.6) is 11.5 Å². The molecule has 0 aliphatic carbocycles. The Kier molecular flexibility index (Phi) is 5.14. The molecule has 0 N–H and O–H groups in total. The summed E-state index contributed by atoms with van der Waals surface area (Å²) in [6.45, 7) is 3.38. The third kappa shape index (κ3) is 3.43. The van der Waals surface area contributed by atoms with Crippen LogP contribution in [0.2, 0.25) is 0 Å². The number of hydrogen-bond donors (Lipinski definition) is 0. The Bertz CT molecular complexity index is 718. The summed E-state index contributed by atoms with van der Waals surface area (Å²) in [4.78, 5) is 4.50. The molecular formula is C18H20BrFN2O2. The molecule has 2 aromatic carbocycles. The molecule has 1 heterocycles. The maximum Gasteiger partial charge on any atom is 0.162 e. The van der Waals surface area contributed by atoms with Gasteiger partial charge in [-0.15, -0.1) is 0 Å². The molecule has 1 aliphatic heterocycles. The molecule has 6 heteroatoms. The highest BCUT2D eigenvalue weighted by atomic mass is 79.9. The maximum absolute atomic E-state index is 13.4. The van der Waals surface area contributed by atoms with E-state index in [4.69, 9.17) is 9.47 Å². The van der Waals surface area contributed by atoms with E-state index in [1.54, 1.807) is 26.4 Å². The van der Waals surface area contributed by atoms with Crippen molar-refractivity contribution < 1.29 is 13.9 Å². The molecular weight excluding hydrogens is 375 g/mol. The lowest BCUT2D eigenvalue weighted by Gasteiger charge is -2.38. The zero-order chi connectivity index (χ0) is 17.1. The van der Waals surface area contributed by atoms with Crippen molar-refractivity contribution in [2.75, 3.05) is 50.2 Å². The standard InChI is InChI=1S/C18H20BrFN2O2/c1-23-17-11-15(19)16(12-18(17)24-2)22-8-6-21(7-9-22)14-5-3-4-13(20)10-14/h3-5,10-12H,6-9H2,1-2H3. The van der Waals surface area contributed by atoms with Gasteiger partial charge in [0.25, 0.3) is 0 Å². The van der Waals surface area contributed by atoms with Crippen LogP contribution in [0.1, 0.15) is 0 Å². The molecule has 0 radical (unpaired) electrons. The molecule has 0 bridgehead atoms. The Morgan fingerprint density at radius 3 is 2.17 bits per heavy atom. The van der Waals surface area contributed by atoms with Crippen LogP contribution in [-0.4, -0.2) is 40.4 Å². The van der Waals surface area contributed by atoms with Gasteiger partial charge < -0.3 is 19.3 Å². The first kappa shape index (κ1) is 16.9. The van der Waals surface area contributed by atoms with E-state index in [2.05, 4.69) is 25.7 Å². The lowest BCUT2D eigenvalue weighted by molar-refractivity contribution is 0.354. The van der Waals surface area contributed by atoms with Crippen molar-refractivity contribution in [3.05, 3.63) is 46.7 Å². The van der Waals surface area contributed by atoms with Crippen LogP contribution in [0.15, 0.2) is 40.9 Å². The third-order valence-electron chi connectivity index (χ3n) is 4.25. The number of rotatable bonds is 4. The molecule has 0 unspecified atom stereocenters. The van der Waals surface area contributed by atoms with E-state index >= 15 is 0 Å². The summed E-state index contributed by atoms with van der Waals surface area (Å²) in [6.07, 6.45) is 0. The summed E-state index contributed by atoms with van der Waals surface area (Å²) in [5, 5.41) is 0. The summed E-state index contributed by atoms with van der Waals surface area (Å²) in [6, 6.07) is 10.7. The summed E-state index contributed by atoms with van der Waals surface area (Å²) in [5.74, 6) is 1.22. The Hall–Kier alpha value is -1.95. The topological polar surface area (TPSA) is 24.9 Å². The Labute approximate surface area is 149 Å². The van der Waals surface area contributed by atoms with Crippen LogP contribution in [0.4, 0.5) is 15.8 Å². The molecule has 0 saturated carbocycles. The van der Waals surface area contributed by atoms with Crippen molar-refractivity contribution in [2.24, 2.45) is 0 Å². The van der Waals surface area contributed by atoms with Gasteiger partial charge in [-0.05, 0) is 34.1 Å². The van der Waals surface area contributed by atoms with Gasteiger partial charge >= 0.3 is 0 Å². The molecule has 0 atom stereocenters. The fourth-order valence-corrected chi connectivity index (χ4v) is 3.54. The molecule has 1 aliphatic rings. The van der Waals surface area contributed by atoms with E-state index in [0.29, 0.717) is 11.5 Å². The van der Waals surface area contributed by atoms with E-state index in [0.717, 1.165) is 42.0 Å². The van der Waals surface area contributed by atoms with Crippen molar-refractivity contribution in [1.82, 2.24) is 0 Å². The second kappa shape index (κ2) is 7.30. The lowest BCUT2D eigenvalue weighted by Crippen LogP contribution is -2.46. The van der Waals surface area contributed by atoms with E-state index in [1.165, 1.54) is 6.07 Å². The minimum atomic E-state index is -0.197. The SMILES string of the molecule is COc1cc(Br)c(N2CCN(c3cccc(F)c3)CC2)cc1OC. The van der Waals surface area contributed by atoms with Crippen LogP contribution in [0.3, 0.4) is 0 Å². The predicted octanol–water partition coefficient (Wildman–Crippen LogP) is 3.93. The quantitative estimate of drug-likeness (QED) is 0.783. The predicted molar refractivity (Wildman–Crippen MR) is 98.1 cm³/mol. The first-order valence-corrected chi connectivity index (χ1v) is 8.58. The van der Waals surface area contributed by atoms with Gasteiger partial charge in [-0.2, -0.15) is 0 Å². The smallest absolute Gasteiger partial charge is 0.162 e. The molecule has 24 heavy (non-hydrogen) atoms. The highest BCUT2D eigenvalue weighted by Gasteiger charge is 2.21. The van der Waals surface area contributed by atoms with Crippen LogP contribution in [-0.2, 0) is 0 Å². The monoisotopic (exact) mass is 394 g/mol. The average molecular weight is 395 g/mol. The minimum absolute atomic E-state index is 0.197. The molecule has 0 spiro atoms. The number of halogens is 2. The van der Waals surface area contributed by atoms with Gasteiger partial charge in [-0.3, -0.25) is 0 Å². The Morgan fingerprint density at radius 1 is 0.917 bits per heavy atom. The van der Waals surface area contributed by atoms with E-state index < -0.39 is 0 Å². The van der Waals surface area contributed by atoms with Crippen LogP contribution < -0.4 is 19.3 Å². The fraction of sp³-hybridized carbons (Fsp3) is 0.333. The number of piperazine rings is 1. The molecule has 1 saturated heterocycles. The second-order valence-corrected chi connectivity index (χ2v) is 6.47. The number of benzene rings is 2. The largest absolute Gasteiger partial charge is 0.493 e. The van der Waals surface area contributed by atoms with Gasteiger partial charge in [0.1, 0.15) is 5.82 Å². The van der Waals surface area contributed by atoms with Gasteiger partial charge in [0.2, 0.25) is 0 Å². The molecule has 4 nitrogen and oxygen atoms in total. The van der Waals surface area contributed by atoms with Gasteiger partial charge in [0, 0.05) is 48.5 Å². The first-order chi connectivity index (χ1) is 11.6. The minimum Gasteiger partial charge on any atom is -0.493 e. The highest BCUT2D eigenvalue weighted by Crippen LogP contribution is 2.38. The zero-order valence-electron chi connectivity index (χ0n) is 13.8. The van der Waals surface area contributed by atoms with Crippen LogP contribution in [0, 0.1) is 5.82 Å². The first-order valence-electron chi connectivity index (χ1n) is 7.79. The molecule has 3 rings (SSSR count). The van der Waals surface area contributed by atoms with Crippen molar-refractivity contribution in [3.8, 4) is 11.5 Å². The van der Waals surface area contributed by atoms with Crippen LogP contribution >= 0.6 is 15.9 Å². The fourth-order valence-electron chi connectivity index (χ4n) is 2.96. The number of hydrogen-bond acceptors (Lipinski definition) is 4. The van der Waals surface area contributed by atoms with Crippen molar-refractivity contribution >= 4 is 27.3 Å². The van der Waals surface area contributed by atoms with Crippen molar-refractivity contribution in [3.63, 3.8) is 0 Å². The second-order valence-electron chi connectivity index (χ2n) is 5.61. The number of anilines is 2. The Balaban J connectivity index is 1.75. The Morgan fingerprint density at radius 2 is 1.54 bits per heavy atom. The average Bonchev–Trinajstić information content (AvgIpc) is 2.61. The molecule has 0 amide bonds. The molecule has 0 aromatic heterocycles. The molecule has 2 aromatic rings. The maximum atomic E-state index is 13.4. The van der Waals surface area contributed by atoms with Gasteiger partial charge in [-0.1, -0.05) is 6.07 Å². The highest BCUT2D eigenvalue weighted by molar-refractivity contribution is 9.10. The van der Waals surface area contributed by atoms with Crippen molar-refractivity contribution in [2.45, 2.75) is 0 Å². The zero-order valence-corrected chi connectivity index (χ0v) is 15.3. The van der Waals surface area contributed by atoms with Gasteiger partial charge in [0.15, 0.2) is 11.5 Å².